The lowest BCUT2D eigenvalue weighted by molar-refractivity contribution is 0.328. The Morgan fingerprint density at radius 1 is 1.07 bits per heavy atom. The van der Waals surface area contributed by atoms with Gasteiger partial charge in [-0.2, -0.15) is 0 Å². The first kappa shape index (κ1) is 10.7. The minimum Gasteiger partial charge on any atom is -0.302 e. The molecule has 0 amide bonds. The molecule has 15 heavy (non-hydrogen) atoms. The molecule has 0 unspecified atom stereocenters. The average molecular weight is 203 g/mol. The van der Waals surface area contributed by atoms with Gasteiger partial charge in [0.05, 0.1) is 0 Å². The van der Waals surface area contributed by atoms with Crippen molar-refractivity contribution in [2.45, 2.75) is 20.3 Å². The van der Waals surface area contributed by atoms with E-state index < -0.39 is 0 Å². The number of rotatable bonds is 3. The third-order valence-electron chi connectivity index (χ3n) is 3.62. The summed E-state index contributed by atoms with van der Waals surface area (Å²) >= 11 is 0. The van der Waals surface area contributed by atoms with Crippen molar-refractivity contribution < 1.29 is 0 Å². The van der Waals surface area contributed by atoms with E-state index >= 15 is 0 Å². The van der Waals surface area contributed by atoms with Gasteiger partial charge in [-0.05, 0) is 23.8 Å². The third-order valence-corrected chi connectivity index (χ3v) is 3.62. The summed E-state index contributed by atoms with van der Waals surface area (Å²) in [6, 6.07) is 10.8. The van der Waals surface area contributed by atoms with Gasteiger partial charge in [0.1, 0.15) is 0 Å². The molecule has 0 aliphatic carbocycles. The summed E-state index contributed by atoms with van der Waals surface area (Å²) in [6.07, 6.45) is 1.19. The highest BCUT2D eigenvalue weighted by Crippen LogP contribution is 2.21. The van der Waals surface area contributed by atoms with Crippen LogP contribution in [0.2, 0.25) is 0 Å². The van der Waals surface area contributed by atoms with Gasteiger partial charge in [-0.25, -0.2) is 0 Å². The minimum absolute atomic E-state index is 0.876. The molecule has 1 aromatic carbocycles. The van der Waals surface area contributed by atoms with Gasteiger partial charge >= 0.3 is 0 Å². The molecule has 0 radical (unpaired) electrons. The maximum Gasteiger partial charge on any atom is 0.00221 e. The van der Waals surface area contributed by atoms with Crippen LogP contribution in [0.3, 0.4) is 0 Å². The fourth-order valence-corrected chi connectivity index (χ4v) is 2.36. The molecular weight excluding hydrogens is 182 g/mol. The second-order valence-electron chi connectivity index (χ2n) is 4.95. The second-order valence-corrected chi connectivity index (χ2v) is 4.95. The maximum atomic E-state index is 2.60. The van der Waals surface area contributed by atoms with Crippen molar-refractivity contribution in [2.24, 2.45) is 11.8 Å². The van der Waals surface area contributed by atoms with Gasteiger partial charge in [-0.15, -0.1) is 0 Å². The predicted octanol–water partition coefficient (Wildman–Crippen LogP) is 2.82. The summed E-state index contributed by atoms with van der Waals surface area (Å²) in [5.74, 6) is 1.75. The van der Waals surface area contributed by atoms with Gasteiger partial charge in [0.15, 0.2) is 0 Å². The van der Waals surface area contributed by atoms with Crippen LogP contribution in [0.4, 0.5) is 0 Å². The highest BCUT2D eigenvalue weighted by atomic mass is 15.1. The Balaban J connectivity index is 1.80. The van der Waals surface area contributed by atoms with Crippen LogP contribution in [-0.4, -0.2) is 24.5 Å². The Morgan fingerprint density at radius 3 is 2.27 bits per heavy atom. The number of benzene rings is 1. The summed E-state index contributed by atoms with van der Waals surface area (Å²) in [4.78, 5) is 2.60. The molecule has 1 aliphatic rings. The predicted molar refractivity (Wildman–Crippen MR) is 64.9 cm³/mol. The Morgan fingerprint density at radius 2 is 1.67 bits per heavy atom. The molecule has 0 bridgehead atoms. The number of hydrogen-bond donors (Lipinski definition) is 0. The van der Waals surface area contributed by atoms with Crippen LogP contribution >= 0.6 is 0 Å². The molecule has 1 nitrogen and oxygen atoms in total. The number of likely N-dealkylation sites (tertiary alicyclic amines) is 1. The van der Waals surface area contributed by atoms with Crippen molar-refractivity contribution in [1.29, 1.82) is 0 Å². The van der Waals surface area contributed by atoms with Crippen LogP contribution in [0, 0.1) is 11.8 Å². The SMILES string of the molecule is C[C@@H]1CN(CCc2ccccc2)C[C@H]1C. The van der Waals surface area contributed by atoms with Crippen LogP contribution in [0.25, 0.3) is 0 Å². The summed E-state index contributed by atoms with van der Waals surface area (Å²) in [5, 5.41) is 0. The van der Waals surface area contributed by atoms with Crippen LogP contribution in [0.1, 0.15) is 19.4 Å². The van der Waals surface area contributed by atoms with Crippen molar-refractivity contribution in [2.75, 3.05) is 19.6 Å². The van der Waals surface area contributed by atoms with Gasteiger partial charge in [0.25, 0.3) is 0 Å². The molecule has 2 rings (SSSR count). The normalized spacial score (nSPS) is 27.1. The molecule has 1 heterocycles. The zero-order valence-electron chi connectivity index (χ0n) is 9.82. The highest BCUT2D eigenvalue weighted by molar-refractivity contribution is 5.14. The molecule has 0 aromatic heterocycles. The standard InChI is InChI=1S/C14H21N/c1-12-10-15(11-13(12)2)9-8-14-6-4-3-5-7-14/h3-7,12-13H,8-11H2,1-2H3/t12-,13-/m1/s1. The third kappa shape index (κ3) is 2.82. The van der Waals surface area contributed by atoms with Gasteiger partial charge in [0.2, 0.25) is 0 Å². The Hall–Kier alpha value is -0.820. The smallest absolute Gasteiger partial charge is 0.00221 e. The summed E-state index contributed by atoms with van der Waals surface area (Å²) in [7, 11) is 0. The second kappa shape index (κ2) is 4.80. The largest absolute Gasteiger partial charge is 0.302 e. The lowest BCUT2D eigenvalue weighted by Gasteiger charge is -2.14. The first-order valence-corrected chi connectivity index (χ1v) is 6.02. The Kier molecular flexibility index (Phi) is 3.42. The zero-order chi connectivity index (χ0) is 10.7. The maximum absolute atomic E-state index is 2.60. The first-order chi connectivity index (χ1) is 7.25. The molecule has 1 fully saturated rings. The number of hydrogen-bond acceptors (Lipinski definition) is 1. The topological polar surface area (TPSA) is 3.24 Å². The molecule has 2 atom stereocenters. The lowest BCUT2D eigenvalue weighted by Crippen LogP contribution is -2.23. The van der Waals surface area contributed by atoms with E-state index in [4.69, 9.17) is 0 Å². The summed E-state index contributed by atoms with van der Waals surface area (Å²) in [5.41, 5.74) is 1.46. The van der Waals surface area contributed by atoms with Gasteiger partial charge in [0, 0.05) is 19.6 Å². The quantitative estimate of drug-likeness (QED) is 0.730. The Bertz CT molecular complexity index is 283. The molecule has 1 saturated heterocycles. The minimum atomic E-state index is 0.876. The van der Waals surface area contributed by atoms with E-state index in [1.165, 1.54) is 31.6 Å². The fraction of sp³-hybridized carbons (Fsp3) is 0.571. The molecular formula is C14H21N. The van der Waals surface area contributed by atoms with E-state index in [9.17, 15) is 0 Å². The van der Waals surface area contributed by atoms with Crippen molar-refractivity contribution in [3.05, 3.63) is 35.9 Å². The first-order valence-electron chi connectivity index (χ1n) is 6.02. The van der Waals surface area contributed by atoms with Crippen molar-refractivity contribution >= 4 is 0 Å². The zero-order valence-corrected chi connectivity index (χ0v) is 9.82. The van der Waals surface area contributed by atoms with E-state index in [2.05, 4.69) is 49.1 Å². The Labute approximate surface area is 93.1 Å². The highest BCUT2D eigenvalue weighted by Gasteiger charge is 2.25. The van der Waals surface area contributed by atoms with E-state index in [1.54, 1.807) is 0 Å². The van der Waals surface area contributed by atoms with Crippen LogP contribution < -0.4 is 0 Å². The van der Waals surface area contributed by atoms with Crippen LogP contribution in [0.5, 0.6) is 0 Å². The molecule has 1 heteroatoms. The average Bonchev–Trinajstić information content (AvgIpc) is 2.57. The van der Waals surface area contributed by atoms with E-state index in [-0.39, 0.29) is 0 Å². The molecule has 0 N–H and O–H groups in total. The van der Waals surface area contributed by atoms with Crippen LogP contribution in [0.15, 0.2) is 30.3 Å². The molecule has 1 aliphatic heterocycles. The van der Waals surface area contributed by atoms with Crippen LogP contribution in [-0.2, 0) is 6.42 Å². The van der Waals surface area contributed by atoms with Crippen molar-refractivity contribution in [3.8, 4) is 0 Å². The van der Waals surface area contributed by atoms with Crippen molar-refractivity contribution in [1.82, 2.24) is 4.90 Å². The fourth-order valence-electron chi connectivity index (χ4n) is 2.36. The van der Waals surface area contributed by atoms with Gasteiger partial charge in [-0.1, -0.05) is 44.2 Å². The molecule has 1 aromatic rings. The number of nitrogens with zero attached hydrogens (tertiary/aromatic N) is 1. The molecule has 0 spiro atoms. The van der Waals surface area contributed by atoms with Crippen molar-refractivity contribution in [3.63, 3.8) is 0 Å². The molecule has 82 valence electrons. The van der Waals surface area contributed by atoms with Gasteiger partial charge < -0.3 is 4.90 Å². The molecule has 0 saturated carbocycles. The summed E-state index contributed by atoms with van der Waals surface area (Å²) < 4.78 is 0. The summed E-state index contributed by atoms with van der Waals surface area (Å²) in [6.45, 7) is 8.53. The monoisotopic (exact) mass is 203 g/mol. The van der Waals surface area contributed by atoms with E-state index in [0.717, 1.165) is 11.8 Å². The lowest BCUT2D eigenvalue weighted by atomic mass is 10.0. The van der Waals surface area contributed by atoms with Gasteiger partial charge in [-0.3, -0.25) is 0 Å². The van der Waals surface area contributed by atoms with E-state index in [0.29, 0.717) is 0 Å². The van der Waals surface area contributed by atoms with E-state index in [1.807, 2.05) is 0 Å².